The number of nitrogens with one attached hydrogen (secondary N) is 1. The van der Waals surface area contributed by atoms with Crippen LogP contribution in [0, 0.1) is 5.41 Å². The summed E-state index contributed by atoms with van der Waals surface area (Å²) < 4.78 is 0. The normalized spacial score (nSPS) is 32.0. The van der Waals surface area contributed by atoms with Crippen LogP contribution in [0.5, 0.6) is 0 Å². The van der Waals surface area contributed by atoms with Gasteiger partial charge in [-0.2, -0.15) is 0 Å². The maximum Gasteiger partial charge on any atom is 0.230 e. The number of nitrogens with zero attached hydrogens (tertiary/aromatic N) is 4. The number of H-pyrrole nitrogens is 1. The summed E-state index contributed by atoms with van der Waals surface area (Å²) in [6, 6.07) is 2.33. The van der Waals surface area contributed by atoms with E-state index < -0.39 is 0 Å². The van der Waals surface area contributed by atoms with E-state index in [1.54, 1.807) is 6.33 Å². The molecule has 27 heavy (non-hydrogen) atoms. The molecule has 144 valence electrons. The van der Waals surface area contributed by atoms with Crippen molar-refractivity contribution in [1.29, 1.82) is 0 Å². The predicted molar refractivity (Wildman–Crippen MR) is 102 cm³/mol. The number of fused-ring (bicyclic) bond motifs is 1. The molecule has 1 saturated carbocycles. The molecule has 5 rings (SSSR count). The van der Waals surface area contributed by atoms with Gasteiger partial charge >= 0.3 is 0 Å². The topological polar surface area (TPSA) is 85.3 Å². The Morgan fingerprint density at radius 3 is 2.85 bits per heavy atom. The Morgan fingerprint density at radius 1 is 1.15 bits per heavy atom. The lowest BCUT2D eigenvalue weighted by Crippen LogP contribution is -2.50. The number of anilines is 1. The summed E-state index contributed by atoms with van der Waals surface area (Å²) in [6.45, 7) is 2.54. The zero-order valence-electron chi connectivity index (χ0n) is 15.6. The second-order valence-electron chi connectivity index (χ2n) is 8.45. The van der Waals surface area contributed by atoms with Crippen LogP contribution in [0.1, 0.15) is 44.9 Å². The first-order valence-corrected chi connectivity index (χ1v) is 10.2. The Kier molecular flexibility index (Phi) is 4.07. The van der Waals surface area contributed by atoms with Crippen LogP contribution in [0.2, 0.25) is 0 Å². The molecule has 7 heteroatoms. The van der Waals surface area contributed by atoms with Crippen LogP contribution >= 0.6 is 0 Å². The number of carbonyl (C=O) groups excluding carboxylic acids is 1. The molecule has 2 aromatic rings. The minimum atomic E-state index is -0.276. The molecule has 2 saturated heterocycles. The second-order valence-corrected chi connectivity index (χ2v) is 8.45. The van der Waals surface area contributed by atoms with E-state index in [-0.39, 0.29) is 11.5 Å². The van der Waals surface area contributed by atoms with Crippen LogP contribution in [-0.4, -0.2) is 62.6 Å². The fraction of sp³-hybridized carbons (Fsp3) is 0.650. The molecule has 2 aromatic heterocycles. The number of hydrogen-bond donors (Lipinski definition) is 2. The van der Waals surface area contributed by atoms with Gasteiger partial charge in [0.25, 0.3) is 0 Å². The summed E-state index contributed by atoms with van der Waals surface area (Å²) in [5.41, 5.74) is 0.571. The van der Waals surface area contributed by atoms with Crippen LogP contribution < -0.4 is 4.90 Å². The molecule has 0 aromatic carbocycles. The van der Waals surface area contributed by atoms with E-state index >= 15 is 0 Å². The number of aromatic amines is 1. The van der Waals surface area contributed by atoms with Crippen molar-refractivity contribution in [3.05, 3.63) is 18.6 Å². The highest BCUT2D eigenvalue weighted by atomic mass is 16.3. The summed E-state index contributed by atoms with van der Waals surface area (Å²) in [5.74, 6) is 1.26. The van der Waals surface area contributed by atoms with Gasteiger partial charge in [0.05, 0.1) is 16.9 Å². The molecule has 0 bridgehead atoms. The van der Waals surface area contributed by atoms with E-state index in [1.165, 1.54) is 0 Å². The van der Waals surface area contributed by atoms with Crippen LogP contribution in [-0.2, 0) is 4.79 Å². The maximum absolute atomic E-state index is 13.5. The van der Waals surface area contributed by atoms with Crippen molar-refractivity contribution in [1.82, 2.24) is 19.9 Å². The molecule has 1 spiro atoms. The van der Waals surface area contributed by atoms with Gasteiger partial charge in [-0.15, -0.1) is 0 Å². The first-order valence-electron chi connectivity index (χ1n) is 10.2. The molecule has 1 unspecified atom stereocenters. The number of aromatic nitrogens is 3. The van der Waals surface area contributed by atoms with Gasteiger partial charge in [0, 0.05) is 31.9 Å². The Morgan fingerprint density at radius 2 is 2.00 bits per heavy atom. The average molecular weight is 369 g/mol. The third-order valence-corrected chi connectivity index (χ3v) is 6.86. The first kappa shape index (κ1) is 17.0. The molecule has 3 aliphatic rings. The van der Waals surface area contributed by atoms with Crippen LogP contribution in [0.3, 0.4) is 0 Å². The van der Waals surface area contributed by atoms with E-state index in [9.17, 15) is 9.90 Å². The Bertz CT molecular complexity index is 844. The Labute approximate surface area is 158 Å². The van der Waals surface area contributed by atoms with Crippen LogP contribution in [0.15, 0.2) is 18.6 Å². The lowest BCUT2D eigenvalue weighted by atomic mass is 9.78. The number of carbonyl (C=O) groups is 1. The van der Waals surface area contributed by atoms with Crippen LogP contribution in [0.4, 0.5) is 5.82 Å². The van der Waals surface area contributed by atoms with Gasteiger partial charge in [-0.05, 0) is 51.0 Å². The van der Waals surface area contributed by atoms with Crippen molar-refractivity contribution in [2.24, 2.45) is 5.41 Å². The number of rotatable bonds is 2. The number of hydrogen-bond acceptors (Lipinski definition) is 5. The van der Waals surface area contributed by atoms with Gasteiger partial charge in [-0.3, -0.25) is 4.79 Å². The number of piperidine rings is 1. The van der Waals surface area contributed by atoms with E-state index in [2.05, 4.69) is 24.8 Å². The zero-order valence-corrected chi connectivity index (χ0v) is 15.6. The summed E-state index contributed by atoms with van der Waals surface area (Å²) in [6.07, 6.45) is 9.73. The highest BCUT2D eigenvalue weighted by Crippen LogP contribution is 2.43. The SMILES string of the molecule is O=C1N([C@H]2CC[C@H](O)CC2)CCC12CCCN(c1ncnc3[nH]ccc13)C2. The lowest BCUT2D eigenvalue weighted by Gasteiger charge is -2.41. The first-order chi connectivity index (χ1) is 13.2. The average Bonchev–Trinajstić information content (AvgIpc) is 3.29. The molecular weight excluding hydrogens is 342 g/mol. The summed E-state index contributed by atoms with van der Waals surface area (Å²) in [4.78, 5) is 29.8. The molecule has 2 N–H and O–H groups in total. The highest BCUT2D eigenvalue weighted by molar-refractivity contribution is 5.89. The molecule has 4 heterocycles. The van der Waals surface area contributed by atoms with E-state index in [0.29, 0.717) is 11.9 Å². The summed E-state index contributed by atoms with van der Waals surface area (Å²) >= 11 is 0. The minimum absolute atomic E-state index is 0.181. The second kappa shape index (κ2) is 6.48. The van der Waals surface area contributed by atoms with Crippen molar-refractivity contribution in [3.8, 4) is 0 Å². The molecule has 2 aliphatic heterocycles. The van der Waals surface area contributed by atoms with E-state index in [4.69, 9.17) is 0 Å². The van der Waals surface area contributed by atoms with Gasteiger partial charge in [-0.1, -0.05) is 0 Å². The zero-order chi connectivity index (χ0) is 18.4. The number of amides is 1. The van der Waals surface area contributed by atoms with Crippen molar-refractivity contribution in [2.75, 3.05) is 24.5 Å². The van der Waals surface area contributed by atoms with E-state index in [0.717, 1.165) is 81.4 Å². The maximum atomic E-state index is 13.5. The molecule has 0 radical (unpaired) electrons. The molecule has 3 fully saturated rings. The van der Waals surface area contributed by atoms with E-state index in [1.807, 2.05) is 12.3 Å². The molecule has 1 amide bonds. The number of aliphatic hydroxyl groups is 1. The van der Waals surface area contributed by atoms with Gasteiger partial charge in [0.1, 0.15) is 17.8 Å². The standard InChI is InChI=1S/C20H27N5O2/c26-15-4-2-14(3-5-15)25-11-8-20(19(25)27)7-1-10-24(12-20)18-16-6-9-21-17(16)22-13-23-18/h6,9,13-15,26H,1-5,7-8,10-12H2,(H,21,22,23)/t14-,15-,20?. The molecular formula is C20H27N5O2. The monoisotopic (exact) mass is 369 g/mol. The molecule has 1 aliphatic carbocycles. The van der Waals surface area contributed by atoms with Gasteiger partial charge in [0.15, 0.2) is 0 Å². The molecule has 7 nitrogen and oxygen atoms in total. The Balaban J connectivity index is 1.37. The fourth-order valence-electron chi connectivity index (χ4n) is 5.37. The number of aliphatic hydroxyl groups excluding tert-OH is 1. The minimum Gasteiger partial charge on any atom is -0.393 e. The third-order valence-electron chi connectivity index (χ3n) is 6.86. The van der Waals surface area contributed by atoms with Crippen LogP contribution in [0.25, 0.3) is 11.0 Å². The van der Waals surface area contributed by atoms with Gasteiger partial charge < -0.3 is 19.9 Å². The lowest BCUT2D eigenvalue weighted by molar-refractivity contribution is -0.139. The largest absolute Gasteiger partial charge is 0.393 e. The van der Waals surface area contributed by atoms with Crippen molar-refractivity contribution >= 4 is 22.8 Å². The van der Waals surface area contributed by atoms with Crippen molar-refractivity contribution < 1.29 is 9.90 Å². The smallest absolute Gasteiger partial charge is 0.230 e. The quantitative estimate of drug-likeness (QED) is 0.847. The Hall–Kier alpha value is -2.15. The predicted octanol–water partition coefficient (Wildman–Crippen LogP) is 2.08. The summed E-state index contributed by atoms with van der Waals surface area (Å²) in [7, 11) is 0. The summed E-state index contributed by atoms with van der Waals surface area (Å²) in [5, 5.41) is 10.8. The van der Waals surface area contributed by atoms with Crippen molar-refractivity contribution in [3.63, 3.8) is 0 Å². The van der Waals surface area contributed by atoms with Crippen molar-refractivity contribution in [2.45, 2.75) is 57.1 Å². The van der Waals surface area contributed by atoms with Gasteiger partial charge in [-0.25, -0.2) is 9.97 Å². The van der Waals surface area contributed by atoms with Gasteiger partial charge in [0.2, 0.25) is 5.91 Å². The third kappa shape index (κ3) is 2.79. The molecule has 1 atom stereocenters. The fourth-order valence-corrected chi connectivity index (χ4v) is 5.37. The highest BCUT2D eigenvalue weighted by Gasteiger charge is 2.50. The number of likely N-dealkylation sites (tertiary alicyclic amines) is 1.